The second kappa shape index (κ2) is 6.84. The predicted octanol–water partition coefficient (Wildman–Crippen LogP) is 4.80. The highest BCUT2D eigenvalue weighted by atomic mass is 127. The molecule has 22 heavy (non-hydrogen) atoms. The Hall–Kier alpha value is -0.670. The SMILES string of the molecule is COC(=O)c1cc(-c2csc(N3C(I)CCC[C@H]3C)n2)cs1. The average molecular weight is 448 g/mol. The molecular weight excluding hydrogens is 431 g/mol. The molecule has 0 aliphatic carbocycles. The summed E-state index contributed by atoms with van der Waals surface area (Å²) in [5.41, 5.74) is 1.93. The van der Waals surface area contributed by atoms with Crippen LogP contribution in [0.2, 0.25) is 0 Å². The summed E-state index contributed by atoms with van der Waals surface area (Å²) in [7, 11) is 1.40. The van der Waals surface area contributed by atoms with Crippen LogP contribution in [0, 0.1) is 0 Å². The number of carbonyl (C=O) groups is 1. The van der Waals surface area contributed by atoms with Crippen molar-refractivity contribution >= 4 is 56.4 Å². The Bertz CT molecular complexity index is 660. The van der Waals surface area contributed by atoms with Crippen LogP contribution in [-0.2, 0) is 4.74 Å². The molecule has 2 atom stereocenters. The van der Waals surface area contributed by atoms with Crippen molar-refractivity contribution in [3.05, 3.63) is 21.7 Å². The number of hydrogen-bond donors (Lipinski definition) is 0. The Balaban J connectivity index is 1.84. The number of piperidine rings is 1. The van der Waals surface area contributed by atoms with Gasteiger partial charge in [-0.25, -0.2) is 9.78 Å². The lowest BCUT2D eigenvalue weighted by molar-refractivity contribution is 0.0606. The smallest absolute Gasteiger partial charge is 0.348 e. The molecular formula is C15H17IN2O2S2. The van der Waals surface area contributed by atoms with Crippen LogP contribution in [0.3, 0.4) is 0 Å². The van der Waals surface area contributed by atoms with Crippen molar-refractivity contribution in [2.45, 2.75) is 36.3 Å². The number of thiazole rings is 1. The van der Waals surface area contributed by atoms with Gasteiger partial charge >= 0.3 is 5.97 Å². The molecule has 7 heteroatoms. The standard InChI is InChI=1S/C15H17IN2O2S2/c1-9-4-3-5-13(16)18(9)15-17-11(8-22-15)10-6-12(21-7-10)14(19)20-2/h6-9,13H,3-5H2,1-2H3/t9-,13?/m1/s1. The van der Waals surface area contributed by atoms with E-state index >= 15 is 0 Å². The lowest BCUT2D eigenvalue weighted by Gasteiger charge is -2.37. The molecule has 4 nitrogen and oxygen atoms in total. The molecule has 3 heterocycles. The van der Waals surface area contributed by atoms with Gasteiger partial charge in [-0.2, -0.15) is 0 Å². The fourth-order valence-corrected chi connectivity index (χ4v) is 5.88. The molecule has 2 aromatic rings. The number of thiophene rings is 1. The van der Waals surface area contributed by atoms with Crippen LogP contribution in [0.25, 0.3) is 11.3 Å². The number of halogens is 1. The maximum absolute atomic E-state index is 11.6. The summed E-state index contributed by atoms with van der Waals surface area (Å²) in [5.74, 6) is -0.288. The van der Waals surface area contributed by atoms with Crippen LogP contribution in [0.4, 0.5) is 5.13 Å². The zero-order valence-corrected chi connectivity index (χ0v) is 16.2. The molecule has 0 spiro atoms. The van der Waals surface area contributed by atoms with Gasteiger partial charge in [-0.15, -0.1) is 22.7 Å². The quantitative estimate of drug-likeness (QED) is 0.293. The van der Waals surface area contributed by atoms with Gasteiger partial charge in [-0.1, -0.05) is 22.6 Å². The predicted molar refractivity (Wildman–Crippen MR) is 100 cm³/mol. The number of esters is 1. The number of alkyl halides is 1. The summed E-state index contributed by atoms with van der Waals surface area (Å²) >= 11 is 5.59. The maximum Gasteiger partial charge on any atom is 0.348 e. The number of nitrogens with zero attached hydrogens (tertiary/aromatic N) is 2. The molecule has 0 aromatic carbocycles. The number of anilines is 1. The second-order valence-corrected chi connectivity index (χ2v) is 8.51. The van der Waals surface area contributed by atoms with E-state index in [1.807, 2.05) is 11.4 Å². The molecule has 0 saturated carbocycles. The van der Waals surface area contributed by atoms with E-state index in [4.69, 9.17) is 9.72 Å². The highest BCUT2D eigenvalue weighted by molar-refractivity contribution is 14.1. The Morgan fingerprint density at radius 2 is 2.23 bits per heavy atom. The van der Waals surface area contributed by atoms with E-state index in [2.05, 4.69) is 39.8 Å². The zero-order chi connectivity index (χ0) is 15.7. The minimum absolute atomic E-state index is 0.288. The molecule has 0 bridgehead atoms. The molecule has 118 valence electrons. The van der Waals surface area contributed by atoms with Crippen LogP contribution in [0.1, 0.15) is 35.9 Å². The minimum atomic E-state index is -0.288. The first-order valence-corrected chi connectivity index (χ1v) is 10.2. The van der Waals surface area contributed by atoms with Gasteiger partial charge in [0.25, 0.3) is 0 Å². The van der Waals surface area contributed by atoms with Crippen LogP contribution in [0.5, 0.6) is 0 Å². The lowest BCUT2D eigenvalue weighted by Crippen LogP contribution is -2.42. The van der Waals surface area contributed by atoms with Crippen LogP contribution in [-0.4, -0.2) is 28.2 Å². The molecule has 1 unspecified atom stereocenters. The summed E-state index contributed by atoms with van der Waals surface area (Å²) in [4.78, 5) is 19.4. The fraction of sp³-hybridized carbons (Fsp3) is 0.467. The van der Waals surface area contributed by atoms with Crippen molar-refractivity contribution in [3.63, 3.8) is 0 Å². The second-order valence-electron chi connectivity index (χ2n) is 5.33. The van der Waals surface area contributed by atoms with E-state index < -0.39 is 0 Å². The third kappa shape index (κ3) is 3.16. The van der Waals surface area contributed by atoms with Crippen LogP contribution in [0.15, 0.2) is 16.8 Å². The number of methoxy groups -OCH3 is 1. The third-order valence-corrected chi connectivity index (χ3v) is 6.82. The summed E-state index contributed by atoms with van der Waals surface area (Å²) < 4.78 is 5.27. The van der Waals surface area contributed by atoms with Gasteiger partial charge in [0.15, 0.2) is 5.13 Å². The van der Waals surface area contributed by atoms with Gasteiger partial charge in [0.1, 0.15) is 4.88 Å². The first kappa shape index (κ1) is 16.2. The zero-order valence-electron chi connectivity index (χ0n) is 12.4. The largest absolute Gasteiger partial charge is 0.465 e. The molecule has 0 amide bonds. The first-order chi connectivity index (χ1) is 10.6. The Labute approximate surface area is 151 Å². The van der Waals surface area contributed by atoms with E-state index in [1.165, 1.54) is 37.7 Å². The van der Waals surface area contributed by atoms with Gasteiger partial charge in [0.05, 0.1) is 16.9 Å². The average Bonchev–Trinajstić information content (AvgIpc) is 3.15. The maximum atomic E-state index is 11.6. The minimum Gasteiger partial charge on any atom is -0.465 e. The molecule has 1 fully saturated rings. The number of carbonyl (C=O) groups excluding carboxylic acids is 1. The number of ether oxygens (including phenoxy) is 1. The van der Waals surface area contributed by atoms with Crippen molar-refractivity contribution in [2.75, 3.05) is 12.0 Å². The van der Waals surface area contributed by atoms with Gasteiger partial charge in [-0.05, 0) is 32.3 Å². The summed E-state index contributed by atoms with van der Waals surface area (Å²) in [5, 5.41) is 5.11. The van der Waals surface area contributed by atoms with E-state index in [0.29, 0.717) is 15.0 Å². The van der Waals surface area contributed by atoms with E-state index in [9.17, 15) is 4.79 Å². The molecule has 1 saturated heterocycles. The Kier molecular flexibility index (Phi) is 5.03. The first-order valence-electron chi connectivity index (χ1n) is 7.15. The van der Waals surface area contributed by atoms with Gasteiger partial charge < -0.3 is 9.64 Å². The van der Waals surface area contributed by atoms with Gasteiger partial charge in [0, 0.05) is 22.4 Å². The number of rotatable bonds is 3. The number of aromatic nitrogens is 1. The molecule has 0 radical (unpaired) electrons. The highest BCUT2D eigenvalue weighted by Gasteiger charge is 2.28. The summed E-state index contributed by atoms with van der Waals surface area (Å²) in [6.07, 6.45) is 3.72. The van der Waals surface area contributed by atoms with Crippen LogP contribution >= 0.6 is 45.3 Å². The molecule has 1 aliphatic heterocycles. The van der Waals surface area contributed by atoms with Crippen molar-refractivity contribution in [2.24, 2.45) is 0 Å². The molecule has 3 rings (SSSR count). The normalized spacial score (nSPS) is 21.9. The highest BCUT2D eigenvalue weighted by Crippen LogP contribution is 2.37. The molecule has 0 N–H and O–H groups in total. The third-order valence-electron chi connectivity index (χ3n) is 3.84. The topological polar surface area (TPSA) is 42.4 Å². The lowest BCUT2D eigenvalue weighted by atomic mass is 10.0. The summed E-state index contributed by atoms with van der Waals surface area (Å²) in [6, 6.07) is 2.39. The fourth-order valence-electron chi connectivity index (χ4n) is 2.64. The summed E-state index contributed by atoms with van der Waals surface area (Å²) in [6.45, 7) is 2.27. The van der Waals surface area contributed by atoms with E-state index in [0.717, 1.165) is 16.4 Å². The Morgan fingerprint density at radius 3 is 2.95 bits per heavy atom. The van der Waals surface area contributed by atoms with E-state index in [1.54, 1.807) is 11.3 Å². The van der Waals surface area contributed by atoms with Crippen molar-refractivity contribution in [1.82, 2.24) is 4.98 Å². The Morgan fingerprint density at radius 1 is 1.41 bits per heavy atom. The number of hydrogen-bond acceptors (Lipinski definition) is 6. The van der Waals surface area contributed by atoms with Gasteiger partial charge in [-0.3, -0.25) is 0 Å². The van der Waals surface area contributed by atoms with Gasteiger partial charge in [0.2, 0.25) is 0 Å². The molecule has 1 aliphatic rings. The monoisotopic (exact) mass is 448 g/mol. The van der Waals surface area contributed by atoms with E-state index in [-0.39, 0.29) is 5.97 Å². The van der Waals surface area contributed by atoms with Crippen molar-refractivity contribution in [1.29, 1.82) is 0 Å². The van der Waals surface area contributed by atoms with Crippen molar-refractivity contribution < 1.29 is 9.53 Å². The molecule has 2 aromatic heterocycles. The van der Waals surface area contributed by atoms with Crippen LogP contribution < -0.4 is 4.90 Å². The van der Waals surface area contributed by atoms with Crippen molar-refractivity contribution in [3.8, 4) is 11.3 Å².